The lowest BCUT2D eigenvalue weighted by Gasteiger charge is -2.15. The molecule has 0 radical (unpaired) electrons. The van der Waals surface area contributed by atoms with Gasteiger partial charge in [-0.2, -0.15) is 0 Å². The Balaban J connectivity index is 1.91. The van der Waals surface area contributed by atoms with Gasteiger partial charge >= 0.3 is 11.9 Å². The Labute approximate surface area is 201 Å². The molecule has 0 unspecified atom stereocenters. The maximum Gasteiger partial charge on any atom is 0.308 e. The average Bonchev–Trinajstić information content (AvgIpc) is 2.79. The highest BCUT2D eigenvalue weighted by Gasteiger charge is 2.16. The maximum absolute atomic E-state index is 12.5. The monoisotopic (exact) mass is 485 g/mol. The number of halogens is 1. The lowest BCUT2D eigenvalue weighted by molar-refractivity contribution is -0.144. The second-order valence-electron chi connectivity index (χ2n) is 7.28. The first-order valence-electron chi connectivity index (χ1n) is 10.5. The van der Waals surface area contributed by atoms with Crippen LogP contribution in [-0.2, 0) is 25.5 Å². The van der Waals surface area contributed by atoms with E-state index in [-0.39, 0.29) is 37.4 Å². The van der Waals surface area contributed by atoms with E-state index in [0.29, 0.717) is 38.7 Å². The molecule has 1 aromatic heterocycles. The van der Waals surface area contributed by atoms with Gasteiger partial charge < -0.3 is 19.5 Å². The van der Waals surface area contributed by atoms with E-state index in [4.69, 9.17) is 25.8 Å². The predicted octanol–water partition coefficient (Wildman–Crippen LogP) is 4.42. The minimum absolute atomic E-state index is 0.0281. The van der Waals surface area contributed by atoms with Crippen molar-refractivity contribution in [2.75, 3.05) is 19.0 Å². The minimum Gasteiger partial charge on any atom is -0.493 e. The van der Waals surface area contributed by atoms with Crippen LogP contribution in [0.2, 0.25) is 5.02 Å². The number of nitrogens with zero attached hydrogens (tertiary/aromatic N) is 2. The smallest absolute Gasteiger partial charge is 0.308 e. The number of Topliss-reactive ketones (excluding diaryl/α,β-unsaturated/α-hetero) is 1. The topological polar surface area (TPSA) is 117 Å². The molecular weight excluding hydrogens is 462 g/mol. The van der Waals surface area contributed by atoms with Crippen LogP contribution in [0.1, 0.15) is 32.3 Å². The summed E-state index contributed by atoms with van der Waals surface area (Å²) in [7, 11) is 1.46. The fraction of sp³-hybridized carbons (Fsp3) is 0.292. The van der Waals surface area contributed by atoms with Crippen molar-refractivity contribution in [1.82, 2.24) is 9.97 Å². The Morgan fingerprint density at radius 1 is 1.06 bits per heavy atom. The molecule has 1 N–H and O–H groups in total. The number of anilines is 2. The standard InChI is InChI=1S/C24H24ClN3O6/c1-4-33-23(31)8-7-17(30)9-15-5-6-16(25)10-19(15)28-24-18-11-22(34-14(2)29)21(32-3)12-20(18)26-13-27-24/h5-6,10-13H,4,7-9H2,1-3H3,(H,26,27,28). The van der Waals surface area contributed by atoms with Crippen LogP contribution in [0.3, 0.4) is 0 Å². The van der Waals surface area contributed by atoms with Crippen LogP contribution in [-0.4, -0.2) is 41.4 Å². The van der Waals surface area contributed by atoms with Gasteiger partial charge in [0.25, 0.3) is 0 Å². The molecule has 0 bridgehead atoms. The van der Waals surface area contributed by atoms with Crippen LogP contribution < -0.4 is 14.8 Å². The van der Waals surface area contributed by atoms with E-state index >= 15 is 0 Å². The number of ether oxygens (including phenoxy) is 3. The number of aromatic nitrogens is 2. The van der Waals surface area contributed by atoms with Gasteiger partial charge in [-0.1, -0.05) is 17.7 Å². The summed E-state index contributed by atoms with van der Waals surface area (Å²) in [4.78, 5) is 44.1. The summed E-state index contributed by atoms with van der Waals surface area (Å²) in [6, 6.07) is 8.34. The Hall–Kier alpha value is -3.72. The Kier molecular flexibility index (Phi) is 8.37. The zero-order valence-electron chi connectivity index (χ0n) is 19.0. The van der Waals surface area contributed by atoms with E-state index in [1.807, 2.05) is 0 Å². The van der Waals surface area contributed by atoms with Gasteiger partial charge in [0, 0.05) is 41.9 Å². The number of hydrogen-bond donors (Lipinski definition) is 1. The molecular formula is C24H24ClN3O6. The number of rotatable bonds is 10. The quantitative estimate of drug-likeness (QED) is 0.329. The van der Waals surface area contributed by atoms with E-state index in [1.54, 1.807) is 37.3 Å². The van der Waals surface area contributed by atoms with E-state index in [0.717, 1.165) is 0 Å². The highest BCUT2D eigenvalue weighted by molar-refractivity contribution is 6.31. The van der Waals surface area contributed by atoms with Crippen molar-refractivity contribution in [3.63, 3.8) is 0 Å². The number of esters is 2. The van der Waals surface area contributed by atoms with E-state index in [1.165, 1.54) is 20.4 Å². The van der Waals surface area contributed by atoms with Crippen LogP contribution in [0.15, 0.2) is 36.7 Å². The first-order chi connectivity index (χ1) is 16.3. The number of fused-ring (bicyclic) bond motifs is 1. The van der Waals surface area contributed by atoms with Crippen LogP contribution in [0, 0.1) is 0 Å². The van der Waals surface area contributed by atoms with E-state index in [2.05, 4.69) is 15.3 Å². The Morgan fingerprint density at radius 3 is 2.56 bits per heavy atom. The highest BCUT2D eigenvalue weighted by atomic mass is 35.5. The molecule has 34 heavy (non-hydrogen) atoms. The van der Waals surface area contributed by atoms with Crippen molar-refractivity contribution < 1.29 is 28.6 Å². The lowest BCUT2D eigenvalue weighted by atomic mass is 10.0. The van der Waals surface area contributed by atoms with E-state index < -0.39 is 11.9 Å². The third-order valence-electron chi connectivity index (χ3n) is 4.80. The summed E-state index contributed by atoms with van der Waals surface area (Å²) in [5, 5.41) is 4.24. The molecule has 3 aromatic rings. The first-order valence-corrected chi connectivity index (χ1v) is 10.9. The van der Waals surface area contributed by atoms with Crippen molar-refractivity contribution in [1.29, 1.82) is 0 Å². The number of ketones is 1. The molecule has 0 fully saturated rings. The van der Waals surface area contributed by atoms with Crippen LogP contribution in [0.25, 0.3) is 10.9 Å². The number of hydrogen-bond acceptors (Lipinski definition) is 9. The average molecular weight is 486 g/mol. The van der Waals surface area contributed by atoms with Gasteiger partial charge in [-0.25, -0.2) is 9.97 Å². The molecule has 0 atom stereocenters. The van der Waals surface area contributed by atoms with Crippen LogP contribution in [0.5, 0.6) is 11.5 Å². The van der Waals surface area contributed by atoms with Gasteiger partial charge in [0.05, 0.1) is 25.7 Å². The number of nitrogens with one attached hydrogen (secondary N) is 1. The summed E-state index contributed by atoms with van der Waals surface area (Å²) < 4.78 is 15.4. The molecule has 0 saturated heterocycles. The second-order valence-corrected chi connectivity index (χ2v) is 7.72. The maximum atomic E-state index is 12.5. The summed E-state index contributed by atoms with van der Waals surface area (Å²) >= 11 is 6.20. The normalized spacial score (nSPS) is 10.6. The molecule has 0 spiro atoms. The van der Waals surface area contributed by atoms with Crippen molar-refractivity contribution >= 4 is 51.7 Å². The SMILES string of the molecule is CCOC(=O)CCC(=O)Cc1ccc(Cl)cc1Nc1ncnc2cc(OC)c(OC(C)=O)cc12. The summed E-state index contributed by atoms with van der Waals surface area (Å²) in [6.45, 7) is 3.28. The molecule has 0 saturated carbocycles. The van der Waals surface area contributed by atoms with Gasteiger partial charge in [-0.05, 0) is 30.7 Å². The minimum atomic E-state index is -0.498. The zero-order chi connectivity index (χ0) is 24.7. The van der Waals surface area contributed by atoms with Gasteiger partial charge in [0.15, 0.2) is 11.5 Å². The molecule has 1 heterocycles. The predicted molar refractivity (Wildman–Crippen MR) is 127 cm³/mol. The van der Waals surface area contributed by atoms with Crippen molar-refractivity contribution in [2.24, 2.45) is 0 Å². The second kappa shape index (κ2) is 11.4. The molecule has 0 aliphatic carbocycles. The van der Waals surface area contributed by atoms with Gasteiger partial charge in [-0.15, -0.1) is 0 Å². The van der Waals surface area contributed by atoms with E-state index in [9.17, 15) is 14.4 Å². The molecule has 10 heteroatoms. The largest absolute Gasteiger partial charge is 0.493 e. The van der Waals surface area contributed by atoms with Crippen molar-refractivity contribution in [2.45, 2.75) is 33.1 Å². The first kappa shape index (κ1) is 24.9. The lowest BCUT2D eigenvalue weighted by Crippen LogP contribution is -2.10. The van der Waals surface area contributed by atoms with Crippen LogP contribution >= 0.6 is 11.6 Å². The zero-order valence-corrected chi connectivity index (χ0v) is 19.8. The Bertz CT molecular complexity index is 1230. The number of benzene rings is 2. The number of methoxy groups -OCH3 is 1. The third-order valence-corrected chi connectivity index (χ3v) is 5.04. The van der Waals surface area contributed by atoms with Gasteiger partial charge in [0.2, 0.25) is 0 Å². The van der Waals surface area contributed by atoms with Crippen molar-refractivity contribution in [3.05, 3.63) is 47.2 Å². The fourth-order valence-corrected chi connectivity index (χ4v) is 3.45. The molecule has 0 aliphatic rings. The van der Waals surface area contributed by atoms with Gasteiger partial charge in [-0.3, -0.25) is 14.4 Å². The summed E-state index contributed by atoms with van der Waals surface area (Å²) in [5.74, 6) is -0.0283. The fourth-order valence-electron chi connectivity index (χ4n) is 3.28. The van der Waals surface area contributed by atoms with Gasteiger partial charge in [0.1, 0.15) is 17.9 Å². The molecule has 9 nitrogen and oxygen atoms in total. The molecule has 2 aromatic carbocycles. The Morgan fingerprint density at radius 2 is 1.85 bits per heavy atom. The molecule has 178 valence electrons. The van der Waals surface area contributed by atoms with Crippen molar-refractivity contribution in [3.8, 4) is 11.5 Å². The summed E-state index contributed by atoms with van der Waals surface area (Å²) in [5.41, 5.74) is 1.81. The highest BCUT2D eigenvalue weighted by Crippen LogP contribution is 2.35. The summed E-state index contributed by atoms with van der Waals surface area (Å²) in [6.07, 6.45) is 1.57. The molecule has 0 amide bonds. The van der Waals surface area contributed by atoms with Crippen LogP contribution in [0.4, 0.5) is 11.5 Å². The molecule has 0 aliphatic heterocycles. The number of carbonyl (C=O) groups excluding carboxylic acids is 3. The molecule has 3 rings (SSSR count). The third kappa shape index (κ3) is 6.41. The number of carbonyl (C=O) groups is 3.